The maximum atomic E-state index is 12.6. The lowest BCUT2D eigenvalue weighted by molar-refractivity contribution is -0.120. The van der Waals surface area contributed by atoms with Gasteiger partial charge in [0.2, 0.25) is 5.91 Å². The molecule has 25 heavy (non-hydrogen) atoms. The number of carbonyl (C=O) groups excluding carboxylic acids is 2. The summed E-state index contributed by atoms with van der Waals surface area (Å²) in [5.74, 6) is 1.29. The zero-order valence-electron chi connectivity index (χ0n) is 15.8. The van der Waals surface area contributed by atoms with Crippen LogP contribution in [-0.4, -0.2) is 42.9 Å². The Morgan fingerprint density at radius 1 is 1.16 bits per heavy atom. The highest BCUT2D eigenvalue weighted by Gasteiger charge is 2.26. The van der Waals surface area contributed by atoms with Crippen molar-refractivity contribution in [3.8, 4) is 0 Å². The van der Waals surface area contributed by atoms with E-state index in [2.05, 4.69) is 29.4 Å². The summed E-state index contributed by atoms with van der Waals surface area (Å²) in [5, 5.41) is 5.55. The van der Waals surface area contributed by atoms with Crippen LogP contribution >= 0.6 is 0 Å². The molecule has 0 aromatic heterocycles. The minimum atomic E-state index is -0.172. The Morgan fingerprint density at radius 2 is 1.92 bits per heavy atom. The van der Waals surface area contributed by atoms with Crippen LogP contribution in [0.4, 0.5) is 5.69 Å². The zero-order valence-corrected chi connectivity index (χ0v) is 15.8. The Morgan fingerprint density at radius 3 is 2.60 bits per heavy atom. The highest BCUT2D eigenvalue weighted by molar-refractivity contribution is 5.98. The van der Waals surface area contributed by atoms with E-state index < -0.39 is 0 Å². The van der Waals surface area contributed by atoms with Crippen molar-refractivity contribution in [2.45, 2.75) is 46.1 Å². The Labute approximate surface area is 151 Å². The van der Waals surface area contributed by atoms with Crippen molar-refractivity contribution in [2.24, 2.45) is 11.8 Å². The summed E-state index contributed by atoms with van der Waals surface area (Å²) >= 11 is 0. The summed E-state index contributed by atoms with van der Waals surface area (Å²) in [6.45, 7) is 8.48. The summed E-state index contributed by atoms with van der Waals surface area (Å²) in [6, 6.07) is 6.87. The number of amides is 2. The van der Waals surface area contributed by atoms with Gasteiger partial charge < -0.3 is 10.6 Å². The number of hydrogen-bond acceptors (Lipinski definition) is 3. The minimum absolute atomic E-state index is 0.0166. The lowest BCUT2D eigenvalue weighted by Crippen LogP contribution is -2.42. The molecule has 0 saturated carbocycles. The van der Waals surface area contributed by atoms with Crippen molar-refractivity contribution >= 4 is 17.5 Å². The van der Waals surface area contributed by atoms with Crippen LogP contribution in [0.25, 0.3) is 0 Å². The molecule has 0 aliphatic carbocycles. The Bertz CT molecular complexity index is 600. The van der Waals surface area contributed by atoms with E-state index >= 15 is 0 Å². The van der Waals surface area contributed by atoms with Gasteiger partial charge in [-0.3, -0.25) is 14.5 Å². The predicted octanol–water partition coefficient (Wildman–Crippen LogP) is 3.13. The van der Waals surface area contributed by atoms with Crippen molar-refractivity contribution < 1.29 is 9.59 Å². The summed E-state index contributed by atoms with van der Waals surface area (Å²) in [7, 11) is 1.60. The van der Waals surface area contributed by atoms with Crippen LogP contribution in [0.3, 0.4) is 0 Å². The summed E-state index contributed by atoms with van der Waals surface area (Å²) in [5.41, 5.74) is 1.20. The molecule has 2 unspecified atom stereocenters. The lowest BCUT2D eigenvalue weighted by atomic mass is 9.89. The molecule has 5 heteroatoms. The van der Waals surface area contributed by atoms with Crippen LogP contribution in [0.15, 0.2) is 24.3 Å². The van der Waals surface area contributed by atoms with Crippen LogP contribution < -0.4 is 10.6 Å². The smallest absolute Gasteiger partial charge is 0.251 e. The molecule has 1 aromatic carbocycles. The largest absolute Gasteiger partial charge is 0.355 e. The lowest BCUT2D eigenvalue weighted by Gasteiger charge is -2.27. The zero-order chi connectivity index (χ0) is 18.4. The van der Waals surface area contributed by atoms with Gasteiger partial charge in [-0.25, -0.2) is 0 Å². The van der Waals surface area contributed by atoms with Crippen LogP contribution in [0.2, 0.25) is 0 Å². The maximum Gasteiger partial charge on any atom is 0.251 e. The molecule has 2 atom stereocenters. The average Bonchev–Trinajstić information content (AvgIpc) is 2.86. The summed E-state index contributed by atoms with van der Waals surface area (Å²) in [6.07, 6.45) is 3.55. The van der Waals surface area contributed by atoms with Gasteiger partial charge in [0.15, 0.2) is 0 Å². The molecule has 0 radical (unpaired) electrons. The quantitative estimate of drug-likeness (QED) is 0.862. The van der Waals surface area contributed by atoms with Crippen LogP contribution in [0, 0.1) is 11.8 Å². The highest BCUT2D eigenvalue weighted by atomic mass is 16.2. The van der Waals surface area contributed by atoms with E-state index in [1.54, 1.807) is 25.2 Å². The fraction of sp³-hybridized carbons (Fsp3) is 0.600. The number of rotatable bonds is 5. The molecule has 1 aliphatic heterocycles. The number of nitrogens with one attached hydrogen (secondary N) is 2. The van der Waals surface area contributed by atoms with Gasteiger partial charge in [0.25, 0.3) is 5.91 Å². The predicted molar refractivity (Wildman–Crippen MR) is 102 cm³/mol. The van der Waals surface area contributed by atoms with E-state index in [1.807, 2.05) is 13.0 Å². The first-order valence-electron chi connectivity index (χ1n) is 9.29. The molecule has 2 N–H and O–H groups in total. The number of hydrogen-bond donors (Lipinski definition) is 2. The minimum Gasteiger partial charge on any atom is -0.355 e. The fourth-order valence-corrected chi connectivity index (χ4v) is 3.49. The monoisotopic (exact) mass is 345 g/mol. The Hall–Kier alpha value is -1.88. The average molecular weight is 345 g/mol. The number of likely N-dealkylation sites (tertiary alicyclic amines) is 1. The van der Waals surface area contributed by atoms with Crippen molar-refractivity contribution in [3.05, 3.63) is 29.8 Å². The van der Waals surface area contributed by atoms with Gasteiger partial charge in [-0.1, -0.05) is 19.9 Å². The molecule has 5 nitrogen and oxygen atoms in total. The summed E-state index contributed by atoms with van der Waals surface area (Å²) in [4.78, 5) is 26.6. The Balaban J connectivity index is 1.97. The molecule has 2 amide bonds. The first kappa shape index (κ1) is 19.4. The van der Waals surface area contributed by atoms with Crippen molar-refractivity contribution in [3.63, 3.8) is 0 Å². The maximum absolute atomic E-state index is 12.6. The van der Waals surface area contributed by atoms with E-state index in [4.69, 9.17) is 0 Å². The van der Waals surface area contributed by atoms with Crippen molar-refractivity contribution in [1.82, 2.24) is 10.2 Å². The molecule has 1 aliphatic rings. The molecule has 1 heterocycles. The highest BCUT2D eigenvalue weighted by Crippen LogP contribution is 2.25. The SMILES string of the molecule is CNC(=O)c1cccc(NC(=O)C(C)N2CCCC(C(C)C)CC2)c1. The molecule has 2 rings (SSSR count). The van der Waals surface area contributed by atoms with Gasteiger partial charge in [0.1, 0.15) is 0 Å². The molecule has 1 saturated heterocycles. The van der Waals surface area contributed by atoms with E-state index in [1.165, 1.54) is 6.42 Å². The van der Waals surface area contributed by atoms with Gasteiger partial charge in [-0.05, 0) is 69.3 Å². The van der Waals surface area contributed by atoms with Crippen LogP contribution in [0.5, 0.6) is 0 Å². The number of nitrogens with zero attached hydrogens (tertiary/aromatic N) is 1. The van der Waals surface area contributed by atoms with Crippen molar-refractivity contribution in [1.29, 1.82) is 0 Å². The molecule has 1 aromatic rings. The van der Waals surface area contributed by atoms with E-state index in [0.717, 1.165) is 31.8 Å². The molecular formula is C20H31N3O2. The van der Waals surface area contributed by atoms with Crippen molar-refractivity contribution in [2.75, 3.05) is 25.5 Å². The van der Waals surface area contributed by atoms with Gasteiger partial charge >= 0.3 is 0 Å². The van der Waals surface area contributed by atoms with Crippen LogP contribution in [0.1, 0.15) is 50.4 Å². The van der Waals surface area contributed by atoms with Gasteiger partial charge in [0.05, 0.1) is 6.04 Å². The third-order valence-electron chi connectivity index (χ3n) is 5.30. The first-order chi connectivity index (χ1) is 11.9. The van der Waals surface area contributed by atoms with E-state index in [-0.39, 0.29) is 17.9 Å². The number of anilines is 1. The second kappa shape index (κ2) is 8.99. The van der Waals surface area contributed by atoms with Gasteiger partial charge in [-0.2, -0.15) is 0 Å². The topological polar surface area (TPSA) is 61.4 Å². The molecule has 0 spiro atoms. The third-order valence-corrected chi connectivity index (χ3v) is 5.30. The van der Waals surface area contributed by atoms with E-state index in [9.17, 15) is 9.59 Å². The summed E-state index contributed by atoms with van der Waals surface area (Å²) < 4.78 is 0. The van der Waals surface area contributed by atoms with E-state index in [0.29, 0.717) is 17.2 Å². The molecule has 138 valence electrons. The number of carbonyl (C=O) groups is 2. The molecule has 0 bridgehead atoms. The standard InChI is InChI=1S/C20H31N3O2/c1-14(2)16-8-6-11-23(12-10-16)15(3)19(24)22-18-9-5-7-17(13-18)20(25)21-4/h5,7,9,13-16H,6,8,10-12H2,1-4H3,(H,21,25)(H,22,24). The van der Waals surface area contributed by atoms with Crippen LogP contribution in [-0.2, 0) is 4.79 Å². The second-order valence-electron chi connectivity index (χ2n) is 7.30. The Kier molecular flexibility index (Phi) is 7.00. The molecule has 1 fully saturated rings. The fourth-order valence-electron chi connectivity index (χ4n) is 3.49. The first-order valence-corrected chi connectivity index (χ1v) is 9.29. The van der Waals surface area contributed by atoms with Gasteiger partial charge in [-0.15, -0.1) is 0 Å². The second-order valence-corrected chi connectivity index (χ2v) is 7.30. The van der Waals surface area contributed by atoms with Gasteiger partial charge in [0, 0.05) is 18.3 Å². The normalized spacial score (nSPS) is 20.0. The molecular weight excluding hydrogens is 314 g/mol. The number of benzene rings is 1. The third kappa shape index (κ3) is 5.30.